The maximum atomic E-state index is 13.2. The number of halogens is 2. The van der Waals surface area contributed by atoms with Crippen molar-refractivity contribution < 1.29 is 13.6 Å². The van der Waals surface area contributed by atoms with Crippen LogP contribution < -0.4 is 10.2 Å². The number of anilines is 2. The molecule has 0 atom stereocenters. The van der Waals surface area contributed by atoms with Crippen molar-refractivity contribution in [3.8, 4) is 0 Å². The van der Waals surface area contributed by atoms with Gasteiger partial charge in [0.2, 0.25) is 0 Å². The minimum atomic E-state index is -1.03. The molecule has 3 rings (SSSR count). The molecule has 2 aromatic carbocycles. The topological polar surface area (TPSA) is 32.3 Å². The van der Waals surface area contributed by atoms with Crippen LogP contribution >= 0.6 is 0 Å². The van der Waals surface area contributed by atoms with E-state index in [2.05, 4.69) is 10.2 Å². The zero-order chi connectivity index (χ0) is 16.9. The SMILES string of the molecule is O=C(Nc1ccc(N2CCCCCC2)cc1)c1ccc(F)c(F)c1. The number of hydrogen-bond donors (Lipinski definition) is 1. The van der Waals surface area contributed by atoms with Gasteiger partial charge in [0, 0.05) is 30.0 Å². The van der Waals surface area contributed by atoms with Crippen LogP contribution in [0.5, 0.6) is 0 Å². The molecule has 1 N–H and O–H groups in total. The van der Waals surface area contributed by atoms with Crippen LogP contribution in [0.1, 0.15) is 36.0 Å². The molecule has 0 aliphatic carbocycles. The number of amides is 1. The average molecular weight is 330 g/mol. The Hall–Kier alpha value is -2.43. The Kier molecular flexibility index (Phi) is 5.08. The Bertz CT molecular complexity index is 708. The number of benzene rings is 2. The summed E-state index contributed by atoms with van der Waals surface area (Å²) in [4.78, 5) is 14.5. The van der Waals surface area contributed by atoms with Crippen LogP contribution in [-0.4, -0.2) is 19.0 Å². The quantitative estimate of drug-likeness (QED) is 0.892. The molecule has 0 aromatic heterocycles. The van der Waals surface area contributed by atoms with E-state index in [-0.39, 0.29) is 5.56 Å². The predicted octanol–water partition coefficient (Wildman–Crippen LogP) is 4.60. The highest BCUT2D eigenvalue weighted by atomic mass is 19.2. The minimum Gasteiger partial charge on any atom is -0.372 e. The average Bonchev–Trinajstić information content (AvgIpc) is 2.87. The van der Waals surface area contributed by atoms with Crippen LogP contribution in [0.15, 0.2) is 42.5 Å². The molecule has 0 spiro atoms. The molecule has 1 fully saturated rings. The summed E-state index contributed by atoms with van der Waals surface area (Å²) in [5.74, 6) is -2.45. The predicted molar refractivity (Wildman–Crippen MR) is 91.4 cm³/mol. The highest BCUT2D eigenvalue weighted by Gasteiger charge is 2.12. The summed E-state index contributed by atoms with van der Waals surface area (Å²) < 4.78 is 26.1. The van der Waals surface area contributed by atoms with E-state index in [9.17, 15) is 13.6 Å². The molecule has 5 heteroatoms. The van der Waals surface area contributed by atoms with Gasteiger partial charge in [0.15, 0.2) is 11.6 Å². The van der Waals surface area contributed by atoms with Gasteiger partial charge >= 0.3 is 0 Å². The van der Waals surface area contributed by atoms with Gasteiger partial charge in [0.25, 0.3) is 5.91 Å². The Morgan fingerprint density at radius 2 is 1.54 bits per heavy atom. The summed E-state index contributed by atoms with van der Waals surface area (Å²) in [5, 5.41) is 2.70. The van der Waals surface area contributed by atoms with Gasteiger partial charge in [-0.3, -0.25) is 4.79 Å². The molecule has 24 heavy (non-hydrogen) atoms. The highest BCUT2D eigenvalue weighted by Crippen LogP contribution is 2.22. The van der Waals surface area contributed by atoms with E-state index in [4.69, 9.17) is 0 Å². The number of carbonyl (C=O) groups is 1. The minimum absolute atomic E-state index is 0.0884. The van der Waals surface area contributed by atoms with E-state index in [0.29, 0.717) is 5.69 Å². The number of nitrogens with zero attached hydrogens (tertiary/aromatic N) is 1. The Morgan fingerprint density at radius 1 is 0.875 bits per heavy atom. The number of hydrogen-bond acceptors (Lipinski definition) is 2. The first-order chi connectivity index (χ1) is 11.6. The fraction of sp³-hybridized carbons (Fsp3) is 0.316. The fourth-order valence-electron chi connectivity index (χ4n) is 2.93. The van der Waals surface area contributed by atoms with Crippen molar-refractivity contribution >= 4 is 17.3 Å². The van der Waals surface area contributed by atoms with Crippen molar-refractivity contribution in [2.75, 3.05) is 23.3 Å². The molecule has 2 aromatic rings. The molecule has 1 saturated heterocycles. The monoisotopic (exact) mass is 330 g/mol. The number of rotatable bonds is 3. The lowest BCUT2D eigenvalue weighted by Crippen LogP contribution is -2.23. The summed E-state index contributed by atoms with van der Waals surface area (Å²) in [7, 11) is 0. The van der Waals surface area contributed by atoms with Crippen molar-refractivity contribution in [1.29, 1.82) is 0 Å². The van der Waals surface area contributed by atoms with Gasteiger partial charge in [0.05, 0.1) is 0 Å². The number of carbonyl (C=O) groups excluding carboxylic acids is 1. The first-order valence-corrected chi connectivity index (χ1v) is 8.25. The van der Waals surface area contributed by atoms with Gasteiger partial charge in [0.1, 0.15) is 0 Å². The van der Waals surface area contributed by atoms with Crippen LogP contribution in [0.25, 0.3) is 0 Å². The normalized spacial score (nSPS) is 15.0. The van der Waals surface area contributed by atoms with Gasteiger partial charge in [-0.2, -0.15) is 0 Å². The molecule has 0 saturated carbocycles. The van der Waals surface area contributed by atoms with Crippen molar-refractivity contribution in [2.45, 2.75) is 25.7 Å². The second-order valence-electron chi connectivity index (χ2n) is 6.03. The second kappa shape index (κ2) is 7.43. The Balaban J connectivity index is 1.67. The Labute approximate surface area is 140 Å². The Morgan fingerprint density at radius 3 is 2.17 bits per heavy atom. The van der Waals surface area contributed by atoms with Crippen LogP contribution in [0.3, 0.4) is 0 Å². The zero-order valence-corrected chi connectivity index (χ0v) is 13.4. The van der Waals surface area contributed by atoms with Crippen molar-refractivity contribution in [3.05, 3.63) is 59.7 Å². The summed E-state index contributed by atoms with van der Waals surface area (Å²) in [6.45, 7) is 2.11. The molecule has 0 radical (unpaired) electrons. The van der Waals surface area contributed by atoms with Gasteiger partial charge in [-0.15, -0.1) is 0 Å². The molecule has 1 heterocycles. The maximum Gasteiger partial charge on any atom is 0.255 e. The molecule has 1 amide bonds. The van der Waals surface area contributed by atoms with Crippen molar-refractivity contribution in [3.63, 3.8) is 0 Å². The third kappa shape index (κ3) is 3.91. The maximum absolute atomic E-state index is 13.2. The molecular weight excluding hydrogens is 310 g/mol. The van der Waals surface area contributed by atoms with Gasteiger partial charge < -0.3 is 10.2 Å². The summed E-state index contributed by atoms with van der Waals surface area (Å²) in [6, 6.07) is 10.7. The number of nitrogens with one attached hydrogen (secondary N) is 1. The first kappa shape index (κ1) is 16.4. The van der Waals surface area contributed by atoms with Crippen molar-refractivity contribution in [2.24, 2.45) is 0 Å². The molecule has 1 aliphatic heterocycles. The van der Waals surface area contributed by atoms with E-state index >= 15 is 0 Å². The van der Waals surface area contributed by atoms with Crippen LogP contribution in [0, 0.1) is 11.6 Å². The lowest BCUT2D eigenvalue weighted by Gasteiger charge is -2.22. The van der Waals surface area contributed by atoms with E-state index < -0.39 is 17.5 Å². The lowest BCUT2D eigenvalue weighted by atomic mass is 10.2. The largest absolute Gasteiger partial charge is 0.372 e. The summed E-state index contributed by atoms with van der Waals surface area (Å²) in [6.07, 6.45) is 4.96. The molecule has 1 aliphatic rings. The van der Waals surface area contributed by atoms with E-state index in [1.807, 2.05) is 24.3 Å². The third-order valence-electron chi connectivity index (χ3n) is 4.28. The third-order valence-corrected chi connectivity index (χ3v) is 4.28. The van der Waals surface area contributed by atoms with Crippen LogP contribution in [0.2, 0.25) is 0 Å². The molecule has 126 valence electrons. The highest BCUT2D eigenvalue weighted by molar-refractivity contribution is 6.04. The fourth-order valence-corrected chi connectivity index (χ4v) is 2.93. The van der Waals surface area contributed by atoms with Gasteiger partial charge in [-0.05, 0) is 55.3 Å². The zero-order valence-electron chi connectivity index (χ0n) is 13.4. The molecule has 0 unspecified atom stereocenters. The standard InChI is InChI=1S/C19H20F2N2O/c20-17-10-5-14(13-18(17)21)19(24)22-15-6-8-16(9-7-15)23-11-3-1-2-4-12-23/h5-10,13H,1-4,11-12H2,(H,22,24). The van der Waals surface area contributed by atoms with Gasteiger partial charge in [-0.25, -0.2) is 8.78 Å². The van der Waals surface area contributed by atoms with E-state index in [0.717, 1.165) is 30.9 Å². The summed E-state index contributed by atoms with van der Waals surface area (Å²) >= 11 is 0. The molecule has 0 bridgehead atoms. The first-order valence-electron chi connectivity index (χ1n) is 8.25. The lowest BCUT2D eigenvalue weighted by molar-refractivity contribution is 0.102. The second-order valence-corrected chi connectivity index (χ2v) is 6.03. The molecular formula is C19H20F2N2O. The van der Waals surface area contributed by atoms with Crippen LogP contribution in [0.4, 0.5) is 20.2 Å². The van der Waals surface area contributed by atoms with E-state index in [1.54, 1.807) is 0 Å². The van der Waals surface area contributed by atoms with Crippen LogP contribution in [-0.2, 0) is 0 Å². The van der Waals surface area contributed by atoms with E-state index in [1.165, 1.54) is 31.7 Å². The molecule has 3 nitrogen and oxygen atoms in total. The van der Waals surface area contributed by atoms with Gasteiger partial charge in [-0.1, -0.05) is 12.8 Å². The van der Waals surface area contributed by atoms with Crippen molar-refractivity contribution in [1.82, 2.24) is 0 Å². The summed E-state index contributed by atoms with van der Waals surface area (Å²) in [5.41, 5.74) is 1.86. The smallest absolute Gasteiger partial charge is 0.255 e.